The average Bonchev–Trinajstić information content (AvgIpc) is 3.88. The largest absolute Gasteiger partial charge is 0.481 e. The highest BCUT2D eigenvalue weighted by Crippen LogP contribution is 2.54. The minimum Gasteiger partial charge on any atom is -0.481 e. The molecular formula is C47H73NO11S. The molecule has 12 nitrogen and oxygen atoms in total. The van der Waals surface area contributed by atoms with Gasteiger partial charge in [0.25, 0.3) is 5.91 Å². The van der Waals surface area contributed by atoms with Crippen LogP contribution in [0.5, 0.6) is 0 Å². The fraction of sp³-hybridized carbons (Fsp3) is 0.809. The Morgan fingerprint density at radius 3 is 2.27 bits per heavy atom. The molecule has 0 bridgehead atoms. The fourth-order valence-electron chi connectivity index (χ4n) is 11.3. The number of carboxylic acids is 1. The number of thiophene rings is 1. The van der Waals surface area contributed by atoms with E-state index in [2.05, 4.69) is 26.1 Å². The standard InChI is InChI=1S/C47H73NO11S/c1-11-33(43(52)53)35-15-14-26(4)40(56-35)30(8)38(49)29(7)39(50)34(12-2)41-27(5)24-28(6)46(57-41)20-16-36(48-42(51)32-18-23-60-25-32)47(59-46)22-21-44(10,58-47)37-17-19-45(54,13-3)31(9)55-37/h16,18,20,23,25-31,33-38,40-41,49,54H,11-15,17,19,21-22,24H2,1-10H3,(H,48,51)(H,52,53)/t26-,27-,28+,29-,30-,31-,33+,34-,35+,36-,37+,38+,40+,41-,44-,45+,46-,47-/m0/s1. The topological polar surface area (TPSA) is 170 Å². The molecule has 13 heteroatoms. The van der Waals surface area contributed by atoms with E-state index < -0.39 is 82.9 Å². The summed E-state index contributed by atoms with van der Waals surface area (Å²) in [6, 6.07) is 1.12. The van der Waals surface area contributed by atoms with E-state index in [9.17, 15) is 29.7 Å². The Balaban J connectivity index is 1.24. The van der Waals surface area contributed by atoms with Crippen molar-refractivity contribution in [1.82, 2.24) is 5.32 Å². The fourth-order valence-corrected chi connectivity index (χ4v) is 11.9. The first-order valence-corrected chi connectivity index (χ1v) is 23.8. The van der Waals surface area contributed by atoms with Crippen LogP contribution in [-0.4, -0.2) is 98.4 Å². The Bertz CT molecular complexity index is 1690. The first-order chi connectivity index (χ1) is 28.3. The number of carboxylic acid groups (broad SMARTS) is 1. The molecule has 2 spiro atoms. The Hall–Kier alpha value is -2.23. The number of Topliss-reactive ketones (excluding diaryl/α,β-unsaturated/α-hetero) is 1. The maximum atomic E-state index is 14.7. The second-order valence-corrected chi connectivity index (χ2v) is 20.2. The molecule has 0 aliphatic carbocycles. The summed E-state index contributed by atoms with van der Waals surface area (Å²) < 4.78 is 34.5. The number of nitrogens with one attached hydrogen (secondary N) is 1. The number of amides is 1. The second-order valence-electron chi connectivity index (χ2n) is 19.4. The van der Waals surface area contributed by atoms with Crippen LogP contribution in [0.1, 0.15) is 144 Å². The number of ketones is 1. The highest BCUT2D eigenvalue weighted by molar-refractivity contribution is 7.08. The Morgan fingerprint density at radius 1 is 0.933 bits per heavy atom. The third-order valence-corrected chi connectivity index (χ3v) is 16.2. The maximum Gasteiger partial charge on any atom is 0.309 e. The van der Waals surface area contributed by atoms with Gasteiger partial charge in [-0.15, -0.1) is 0 Å². The van der Waals surface area contributed by atoms with Gasteiger partial charge < -0.3 is 44.3 Å². The molecule has 0 unspecified atom stereocenters. The summed E-state index contributed by atoms with van der Waals surface area (Å²) in [5.74, 6) is -6.19. The SMILES string of the molecule is CC[C@@H](C(=O)[C@@H](C)[C@@H](O)[C@H](C)[C@@H]1O[C@@H]([C@@H](CC)C(=O)O)CC[C@@H]1C)[C@H]1O[C@]2(C=C[C@H](NC(=O)c3ccsc3)[C@]3(CC[C@@](C)([C@H]4CC[C@](O)(CC)[C@H](C)O4)O3)O2)[C@H](C)C[C@@H]1C. The van der Waals surface area contributed by atoms with Crippen molar-refractivity contribution in [2.45, 2.75) is 199 Å². The van der Waals surface area contributed by atoms with Crippen molar-refractivity contribution in [2.75, 3.05) is 0 Å². The predicted molar refractivity (Wildman–Crippen MR) is 228 cm³/mol. The van der Waals surface area contributed by atoms with Crippen LogP contribution >= 0.6 is 11.3 Å². The lowest BCUT2D eigenvalue weighted by atomic mass is 9.72. The van der Waals surface area contributed by atoms with Gasteiger partial charge in [0.15, 0.2) is 11.6 Å². The van der Waals surface area contributed by atoms with Crippen LogP contribution in [-0.2, 0) is 33.3 Å². The van der Waals surface area contributed by atoms with Gasteiger partial charge in [0.1, 0.15) is 11.8 Å². The Morgan fingerprint density at radius 2 is 1.65 bits per heavy atom. The molecule has 6 rings (SSSR count). The van der Waals surface area contributed by atoms with E-state index >= 15 is 0 Å². The number of hydrogen-bond donors (Lipinski definition) is 4. The van der Waals surface area contributed by atoms with E-state index in [0.29, 0.717) is 63.4 Å². The van der Waals surface area contributed by atoms with Crippen LogP contribution in [0.15, 0.2) is 29.0 Å². The van der Waals surface area contributed by atoms with E-state index in [1.165, 1.54) is 11.3 Å². The summed E-state index contributed by atoms with van der Waals surface area (Å²) in [6.07, 6.45) is 6.63. The third kappa shape index (κ3) is 8.94. The van der Waals surface area contributed by atoms with Gasteiger partial charge in [-0.3, -0.25) is 14.4 Å². The molecule has 60 heavy (non-hydrogen) atoms. The molecule has 4 N–H and O–H groups in total. The van der Waals surface area contributed by atoms with Gasteiger partial charge in [0, 0.05) is 35.5 Å². The maximum absolute atomic E-state index is 14.7. The Kier molecular flexibility index (Phi) is 14.5. The first kappa shape index (κ1) is 47.3. The van der Waals surface area contributed by atoms with E-state index in [4.69, 9.17) is 23.7 Å². The molecule has 18 atom stereocenters. The number of aliphatic hydroxyl groups excluding tert-OH is 1. The minimum atomic E-state index is -1.32. The number of rotatable bonds is 14. The van der Waals surface area contributed by atoms with Crippen LogP contribution in [0.4, 0.5) is 0 Å². The molecule has 1 aromatic rings. The number of hydrogen-bond acceptors (Lipinski definition) is 11. The second kappa shape index (κ2) is 18.5. The van der Waals surface area contributed by atoms with Gasteiger partial charge in [-0.2, -0.15) is 11.3 Å². The molecule has 6 heterocycles. The van der Waals surface area contributed by atoms with Crippen molar-refractivity contribution in [1.29, 1.82) is 0 Å². The predicted octanol–water partition coefficient (Wildman–Crippen LogP) is 7.69. The summed E-state index contributed by atoms with van der Waals surface area (Å²) >= 11 is 1.45. The summed E-state index contributed by atoms with van der Waals surface area (Å²) in [5, 5.41) is 39.8. The molecule has 338 valence electrons. The van der Waals surface area contributed by atoms with E-state index in [1.54, 1.807) is 13.0 Å². The van der Waals surface area contributed by atoms with E-state index in [-0.39, 0.29) is 41.7 Å². The molecule has 0 radical (unpaired) electrons. The van der Waals surface area contributed by atoms with Crippen LogP contribution in [0.3, 0.4) is 0 Å². The molecule has 4 saturated heterocycles. The number of ether oxygens (including phenoxy) is 5. The zero-order valence-electron chi connectivity index (χ0n) is 37.6. The van der Waals surface area contributed by atoms with E-state index in [0.717, 1.165) is 6.42 Å². The summed E-state index contributed by atoms with van der Waals surface area (Å²) in [7, 11) is 0. The van der Waals surface area contributed by atoms with Crippen molar-refractivity contribution < 1.29 is 53.4 Å². The molecule has 5 aliphatic rings. The smallest absolute Gasteiger partial charge is 0.309 e. The van der Waals surface area contributed by atoms with Gasteiger partial charge >= 0.3 is 5.97 Å². The number of carbonyl (C=O) groups is 3. The summed E-state index contributed by atoms with van der Waals surface area (Å²) in [5.41, 5.74) is -1.15. The van der Waals surface area contributed by atoms with Gasteiger partial charge in [0.05, 0.1) is 59.3 Å². The van der Waals surface area contributed by atoms with Gasteiger partial charge in [-0.1, -0.05) is 61.5 Å². The lowest BCUT2D eigenvalue weighted by Crippen LogP contribution is -2.65. The normalized spacial score (nSPS) is 42.0. The van der Waals surface area contributed by atoms with Crippen molar-refractivity contribution in [2.24, 2.45) is 41.4 Å². The first-order valence-electron chi connectivity index (χ1n) is 22.9. The Labute approximate surface area is 361 Å². The quantitative estimate of drug-likeness (QED) is 0.135. The highest BCUT2D eigenvalue weighted by atomic mass is 32.1. The summed E-state index contributed by atoms with van der Waals surface area (Å²) in [6.45, 7) is 19.7. The highest BCUT2D eigenvalue weighted by Gasteiger charge is 2.63. The molecule has 1 aromatic heterocycles. The number of carbonyl (C=O) groups excluding carboxylic acids is 2. The van der Waals surface area contributed by atoms with Gasteiger partial charge in [-0.25, -0.2) is 0 Å². The van der Waals surface area contributed by atoms with Crippen molar-refractivity contribution in [3.8, 4) is 0 Å². The molecule has 1 amide bonds. The lowest BCUT2D eigenvalue weighted by Gasteiger charge is -2.55. The van der Waals surface area contributed by atoms with Crippen LogP contribution in [0.2, 0.25) is 0 Å². The van der Waals surface area contributed by atoms with Crippen LogP contribution in [0.25, 0.3) is 0 Å². The number of aliphatic carboxylic acids is 1. The molecule has 0 saturated carbocycles. The minimum absolute atomic E-state index is 0.0149. The molecular weight excluding hydrogens is 787 g/mol. The molecule has 5 aliphatic heterocycles. The van der Waals surface area contributed by atoms with Crippen molar-refractivity contribution in [3.63, 3.8) is 0 Å². The van der Waals surface area contributed by atoms with E-state index in [1.807, 2.05) is 64.5 Å². The van der Waals surface area contributed by atoms with Crippen LogP contribution in [0, 0.1) is 41.4 Å². The van der Waals surface area contributed by atoms with Gasteiger partial charge in [0.2, 0.25) is 0 Å². The monoisotopic (exact) mass is 859 g/mol. The molecule has 0 aromatic carbocycles. The van der Waals surface area contributed by atoms with Crippen LogP contribution < -0.4 is 5.32 Å². The third-order valence-electron chi connectivity index (χ3n) is 15.5. The zero-order valence-corrected chi connectivity index (χ0v) is 38.4. The number of aliphatic hydroxyl groups is 2. The average molecular weight is 860 g/mol. The van der Waals surface area contributed by atoms with Crippen molar-refractivity contribution in [3.05, 3.63) is 34.5 Å². The van der Waals surface area contributed by atoms with Gasteiger partial charge in [-0.05, 0) is 101 Å². The van der Waals surface area contributed by atoms with Crippen molar-refractivity contribution >= 4 is 29.0 Å². The lowest BCUT2D eigenvalue weighted by molar-refractivity contribution is -0.397. The molecule has 4 fully saturated rings. The summed E-state index contributed by atoms with van der Waals surface area (Å²) in [4.78, 5) is 40.3. The zero-order chi connectivity index (χ0) is 43.9.